The van der Waals surface area contributed by atoms with E-state index in [1.165, 1.54) is 0 Å². The van der Waals surface area contributed by atoms with Crippen LogP contribution in [0.2, 0.25) is 0 Å². The number of hydrogen-bond donors (Lipinski definition) is 1. The number of amides is 1. The number of rotatable bonds is 4. The third kappa shape index (κ3) is 3.44. The highest BCUT2D eigenvalue weighted by Gasteiger charge is 2.25. The molecule has 2 heterocycles. The van der Waals surface area contributed by atoms with Gasteiger partial charge >= 0.3 is 0 Å². The molecule has 1 fully saturated rings. The van der Waals surface area contributed by atoms with Crippen molar-refractivity contribution in [2.45, 2.75) is 25.8 Å². The average Bonchev–Trinajstić information content (AvgIpc) is 2.48. The molecule has 0 radical (unpaired) electrons. The number of piperazine rings is 1. The second kappa shape index (κ2) is 6.52. The minimum Gasteiger partial charge on any atom is -0.353 e. The zero-order valence-corrected chi connectivity index (χ0v) is 11.5. The van der Waals surface area contributed by atoms with Crippen LogP contribution in [0.3, 0.4) is 0 Å². The zero-order chi connectivity index (χ0) is 13.7. The van der Waals surface area contributed by atoms with Gasteiger partial charge in [0.15, 0.2) is 0 Å². The molecule has 0 aliphatic carbocycles. The summed E-state index contributed by atoms with van der Waals surface area (Å²) in [5.41, 5.74) is 5.89. The van der Waals surface area contributed by atoms with Gasteiger partial charge in [0.05, 0.1) is 6.04 Å². The van der Waals surface area contributed by atoms with Crippen molar-refractivity contribution in [3.8, 4) is 0 Å². The highest BCUT2D eigenvalue weighted by atomic mass is 16.2. The topological polar surface area (TPSA) is 62.5 Å². The number of anilines is 1. The number of nitrogens with two attached hydrogens (primary N) is 1. The van der Waals surface area contributed by atoms with Crippen molar-refractivity contribution < 1.29 is 4.79 Å². The van der Waals surface area contributed by atoms with Gasteiger partial charge in [-0.25, -0.2) is 4.98 Å². The molecule has 0 saturated carbocycles. The fraction of sp³-hybridized carbons (Fsp3) is 0.571. The molecular weight excluding hydrogens is 240 g/mol. The van der Waals surface area contributed by atoms with Gasteiger partial charge in [-0.3, -0.25) is 4.79 Å². The van der Waals surface area contributed by atoms with E-state index in [1.54, 1.807) is 6.20 Å². The maximum absolute atomic E-state index is 12.1. The molecule has 1 aromatic heterocycles. The van der Waals surface area contributed by atoms with Crippen LogP contribution in [0.4, 0.5) is 5.82 Å². The van der Waals surface area contributed by atoms with Crippen LogP contribution in [-0.2, 0) is 4.79 Å². The zero-order valence-electron chi connectivity index (χ0n) is 11.5. The number of carbonyl (C=O) groups is 1. The van der Waals surface area contributed by atoms with E-state index < -0.39 is 0 Å². The monoisotopic (exact) mass is 262 g/mol. The summed E-state index contributed by atoms with van der Waals surface area (Å²) in [5.74, 6) is 1.06. The van der Waals surface area contributed by atoms with E-state index in [0.29, 0.717) is 0 Å². The smallest absolute Gasteiger partial charge is 0.239 e. The van der Waals surface area contributed by atoms with Gasteiger partial charge in [0, 0.05) is 32.4 Å². The molecule has 2 N–H and O–H groups in total. The molecule has 1 amide bonds. The summed E-state index contributed by atoms with van der Waals surface area (Å²) in [4.78, 5) is 20.5. The first kappa shape index (κ1) is 13.8. The Kier molecular flexibility index (Phi) is 4.74. The van der Waals surface area contributed by atoms with Crippen LogP contribution in [0.5, 0.6) is 0 Å². The van der Waals surface area contributed by atoms with Crippen LogP contribution in [0, 0.1) is 0 Å². The van der Waals surface area contributed by atoms with E-state index >= 15 is 0 Å². The van der Waals surface area contributed by atoms with E-state index in [2.05, 4.69) is 9.88 Å². The molecule has 0 bridgehead atoms. The van der Waals surface area contributed by atoms with Crippen LogP contribution >= 0.6 is 0 Å². The molecular formula is C14H22N4O. The standard InChI is InChI=1S/C14H22N4O/c1-2-5-12(15)14(19)18-10-8-17(9-11-18)13-6-3-4-7-16-13/h3-4,6-7,12H,2,5,8-11,15H2,1H3/t12-/m1/s1. The molecule has 2 rings (SSSR count). The molecule has 0 aromatic carbocycles. The Balaban J connectivity index is 1.87. The Bertz CT molecular complexity index is 401. The largest absolute Gasteiger partial charge is 0.353 e. The lowest BCUT2D eigenvalue weighted by molar-refractivity contribution is -0.133. The summed E-state index contributed by atoms with van der Waals surface area (Å²) in [7, 11) is 0. The summed E-state index contributed by atoms with van der Waals surface area (Å²) < 4.78 is 0. The molecule has 104 valence electrons. The second-order valence-corrected chi connectivity index (χ2v) is 4.90. The lowest BCUT2D eigenvalue weighted by Gasteiger charge is -2.36. The molecule has 0 spiro atoms. The van der Waals surface area contributed by atoms with Crippen molar-refractivity contribution in [1.29, 1.82) is 0 Å². The molecule has 1 aliphatic heterocycles. The molecule has 1 atom stereocenters. The summed E-state index contributed by atoms with van der Waals surface area (Å²) in [6.07, 6.45) is 3.50. The van der Waals surface area contributed by atoms with Crippen LogP contribution in [0.1, 0.15) is 19.8 Å². The van der Waals surface area contributed by atoms with Gasteiger partial charge in [-0.1, -0.05) is 19.4 Å². The quantitative estimate of drug-likeness (QED) is 0.874. The van der Waals surface area contributed by atoms with Gasteiger partial charge < -0.3 is 15.5 Å². The minimum absolute atomic E-state index is 0.0857. The maximum Gasteiger partial charge on any atom is 0.239 e. The normalized spacial score (nSPS) is 17.4. The lowest BCUT2D eigenvalue weighted by Crippen LogP contribution is -2.53. The van der Waals surface area contributed by atoms with Crippen molar-refractivity contribution in [2.24, 2.45) is 5.73 Å². The number of carbonyl (C=O) groups excluding carboxylic acids is 1. The predicted molar refractivity (Wildman–Crippen MR) is 75.9 cm³/mol. The van der Waals surface area contributed by atoms with E-state index in [0.717, 1.165) is 44.8 Å². The lowest BCUT2D eigenvalue weighted by atomic mass is 10.1. The van der Waals surface area contributed by atoms with Gasteiger partial charge in [0.25, 0.3) is 0 Å². The van der Waals surface area contributed by atoms with E-state index in [1.807, 2.05) is 30.0 Å². The van der Waals surface area contributed by atoms with E-state index in [9.17, 15) is 4.79 Å². The first-order valence-corrected chi connectivity index (χ1v) is 6.92. The molecule has 19 heavy (non-hydrogen) atoms. The number of aromatic nitrogens is 1. The number of hydrogen-bond acceptors (Lipinski definition) is 4. The molecule has 1 aromatic rings. The van der Waals surface area contributed by atoms with Crippen LogP contribution < -0.4 is 10.6 Å². The predicted octanol–water partition coefficient (Wildman–Crippen LogP) is 0.858. The first-order chi connectivity index (χ1) is 9.22. The molecule has 1 aliphatic rings. The number of pyridine rings is 1. The van der Waals surface area contributed by atoms with E-state index in [4.69, 9.17) is 5.73 Å². The maximum atomic E-state index is 12.1. The van der Waals surface area contributed by atoms with E-state index in [-0.39, 0.29) is 11.9 Å². The van der Waals surface area contributed by atoms with Crippen molar-refractivity contribution in [3.05, 3.63) is 24.4 Å². The van der Waals surface area contributed by atoms with Crippen LogP contribution in [0.25, 0.3) is 0 Å². The van der Waals surface area contributed by atoms with Gasteiger partial charge in [-0.2, -0.15) is 0 Å². The summed E-state index contributed by atoms with van der Waals surface area (Å²) in [6.45, 7) is 5.15. The van der Waals surface area contributed by atoms with Crippen molar-refractivity contribution in [1.82, 2.24) is 9.88 Å². The third-order valence-electron chi connectivity index (χ3n) is 3.48. The van der Waals surface area contributed by atoms with Crippen LogP contribution in [0.15, 0.2) is 24.4 Å². The Morgan fingerprint density at radius 2 is 2.11 bits per heavy atom. The molecule has 0 unspecified atom stereocenters. The van der Waals surface area contributed by atoms with Crippen molar-refractivity contribution in [3.63, 3.8) is 0 Å². The molecule has 5 nitrogen and oxygen atoms in total. The summed E-state index contributed by atoms with van der Waals surface area (Å²) in [6, 6.07) is 5.55. The van der Waals surface area contributed by atoms with Gasteiger partial charge in [0.1, 0.15) is 5.82 Å². The average molecular weight is 262 g/mol. The fourth-order valence-electron chi connectivity index (χ4n) is 2.37. The van der Waals surface area contributed by atoms with Crippen molar-refractivity contribution >= 4 is 11.7 Å². The van der Waals surface area contributed by atoms with Crippen LogP contribution in [-0.4, -0.2) is 48.0 Å². The second-order valence-electron chi connectivity index (χ2n) is 4.90. The molecule has 5 heteroatoms. The highest BCUT2D eigenvalue weighted by Crippen LogP contribution is 2.13. The highest BCUT2D eigenvalue weighted by molar-refractivity contribution is 5.81. The Hall–Kier alpha value is -1.62. The summed E-state index contributed by atoms with van der Waals surface area (Å²) in [5, 5.41) is 0. The van der Waals surface area contributed by atoms with Gasteiger partial charge in [-0.05, 0) is 18.6 Å². The van der Waals surface area contributed by atoms with Gasteiger partial charge in [0.2, 0.25) is 5.91 Å². The Morgan fingerprint density at radius 1 is 1.37 bits per heavy atom. The third-order valence-corrected chi connectivity index (χ3v) is 3.48. The SMILES string of the molecule is CCC[C@@H](N)C(=O)N1CCN(c2ccccn2)CC1. The Labute approximate surface area is 114 Å². The summed E-state index contributed by atoms with van der Waals surface area (Å²) >= 11 is 0. The number of nitrogens with zero attached hydrogens (tertiary/aromatic N) is 3. The minimum atomic E-state index is -0.341. The van der Waals surface area contributed by atoms with Crippen molar-refractivity contribution in [2.75, 3.05) is 31.1 Å². The molecule has 1 saturated heterocycles. The first-order valence-electron chi connectivity index (χ1n) is 6.92. The Morgan fingerprint density at radius 3 is 2.68 bits per heavy atom. The van der Waals surface area contributed by atoms with Gasteiger partial charge in [-0.15, -0.1) is 0 Å². The fourth-order valence-corrected chi connectivity index (χ4v) is 2.37.